The third kappa shape index (κ3) is 6.32. The van der Waals surface area contributed by atoms with Crippen molar-refractivity contribution < 1.29 is 23.7 Å². The molecule has 1 aromatic carbocycles. The van der Waals surface area contributed by atoms with Gasteiger partial charge in [0.05, 0.1) is 13.7 Å². The van der Waals surface area contributed by atoms with E-state index in [1.807, 2.05) is 24.3 Å². The molecular weight excluding hydrogens is 332 g/mol. The van der Waals surface area contributed by atoms with Crippen LogP contribution in [0, 0.1) is 0 Å². The molecule has 2 rings (SSSR count). The molecule has 1 aromatic rings. The third-order valence-electron chi connectivity index (χ3n) is 4.22. The number of rotatable bonds is 10. The molecule has 0 unspecified atom stereocenters. The summed E-state index contributed by atoms with van der Waals surface area (Å²) < 4.78 is 22.5. The van der Waals surface area contributed by atoms with E-state index in [0.29, 0.717) is 25.9 Å². The quantitative estimate of drug-likeness (QED) is 0.361. The fourth-order valence-electron chi connectivity index (χ4n) is 2.79. The van der Waals surface area contributed by atoms with Crippen LogP contribution in [0.5, 0.6) is 5.75 Å². The van der Waals surface area contributed by atoms with Gasteiger partial charge in [0.15, 0.2) is 12.4 Å². The largest absolute Gasteiger partial charge is 0.497 e. The van der Waals surface area contributed by atoms with E-state index in [1.54, 1.807) is 19.3 Å². The first-order valence-corrected chi connectivity index (χ1v) is 8.97. The van der Waals surface area contributed by atoms with Crippen molar-refractivity contribution in [1.29, 1.82) is 0 Å². The van der Waals surface area contributed by atoms with Crippen molar-refractivity contribution in [3.63, 3.8) is 0 Å². The van der Waals surface area contributed by atoms with Crippen LogP contribution in [0.25, 0.3) is 0 Å². The molecule has 0 spiro atoms. The summed E-state index contributed by atoms with van der Waals surface area (Å²) >= 11 is 0. The molecule has 3 atom stereocenters. The summed E-state index contributed by atoms with van der Waals surface area (Å²) in [4.78, 5) is 12.0. The second-order valence-corrected chi connectivity index (χ2v) is 6.22. The molecule has 1 heterocycles. The number of methoxy groups -OCH3 is 1. The molecule has 5 nitrogen and oxygen atoms in total. The van der Waals surface area contributed by atoms with E-state index >= 15 is 0 Å². The molecule has 1 aliphatic heterocycles. The number of hydrogen-bond acceptors (Lipinski definition) is 5. The standard InChI is InChI=1S/C21H28O5/c1-4-6-7-9-20(22)25-19-15-24-21(26-18(19)8-5-2)14-16-10-12-17(23-3)13-11-16/h4-5,10-13,18-19,21H,1-2,6-9,14-15H2,3H3/t18-,19-,21+/m1/s1. The highest BCUT2D eigenvalue weighted by Crippen LogP contribution is 2.23. The fraction of sp³-hybridized carbons (Fsp3) is 0.476. The molecule has 1 aliphatic rings. The summed E-state index contributed by atoms with van der Waals surface area (Å²) in [6.07, 6.45) is 5.69. The number of carbonyl (C=O) groups excluding carboxylic acids is 1. The minimum atomic E-state index is -0.406. The van der Waals surface area contributed by atoms with Crippen LogP contribution in [0.1, 0.15) is 31.2 Å². The zero-order chi connectivity index (χ0) is 18.8. The summed E-state index contributed by atoms with van der Waals surface area (Å²) in [7, 11) is 1.64. The van der Waals surface area contributed by atoms with Gasteiger partial charge in [0.2, 0.25) is 0 Å². The Balaban J connectivity index is 1.88. The smallest absolute Gasteiger partial charge is 0.306 e. The predicted molar refractivity (Wildman–Crippen MR) is 100 cm³/mol. The Kier molecular flexibility index (Phi) is 8.38. The molecular formula is C21H28O5. The Hall–Kier alpha value is -2.11. The number of carbonyl (C=O) groups is 1. The van der Waals surface area contributed by atoms with Crippen LogP contribution in [-0.4, -0.2) is 38.2 Å². The summed E-state index contributed by atoms with van der Waals surface area (Å²) in [5.41, 5.74) is 1.09. The van der Waals surface area contributed by atoms with Crippen LogP contribution < -0.4 is 4.74 Å². The zero-order valence-corrected chi connectivity index (χ0v) is 15.4. The second kappa shape index (κ2) is 10.8. The molecule has 142 valence electrons. The highest BCUT2D eigenvalue weighted by Gasteiger charge is 2.33. The predicted octanol–water partition coefficient (Wildman–Crippen LogP) is 3.82. The maximum Gasteiger partial charge on any atom is 0.306 e. The Morgan fingerprint density at radius 2 is 2.04 bits per heavy atom. The van der Waals surface area contributed by atoms with Crippen LogP contribution >= 0.6 is 0 Å². The van der Waals surface area contributed by atoms with Crippen LogP contribution in [0.4, 0.5) is 0 Å². The molecule has 1 fully saturated rings. The van der Waals surface area contributed by atoms with Crippen molar-refractivity contribution in [2.45, 2.75) is 50.6 Å². The molecule has 0 aliphatic carbocycles. The lowest BCUT2D eigenvalue weighted by Gasteiger charge is -2.35. The van der Waals surface area contributed by atoms with Gasteiger partial charge < -0.3 is 18.9 Å². The first kappa shape index (κ1) is 20.2. The Morgan fingerprint density at radius 3 is 2.69 bits per heavy atom. The highest BCUT2D eigenvalue weighted by molar-refractivity contribution is 5.69. The number of hydrogen-bond donors (Lipinski definition) is 0. The van der Waals surface area contributed by atoms with Crippen molar-refractivity contribution in [1.82, 2.24) is 0 Å². The first-order valence-electron chi connectivity index (χ1n) is 8.97. The van der Waals surface area contributed by atoms with Crippen molar-refractivity contribution in [2.24, 2.45) is 0 Å². The van der Waals surface area contributed by atoms with E-state index in [0.717, 1.165) is 24.2 Å². The monoisotopic (exact) mass is 360 g/mol. The summed E-state index contributed by atoms with van der Waals surface area (Å²) in [5.74, 6) is 0.582. The Labute approximate surface area is 155 Å². The van der Waals surface area contributed by atoms with Gasteiger partial charge in [-0.25, -0.2) is 0 Å². The fourth-order valence-corrected chi connectivity index (χ4v) is 2.79. The molecule has 0 bridgehead atoms. The van der Waals surface area contributed by atoms with Crippen molar-refractivity contribution in [3.8, 4) is 5.75 Å². The van der Waals surface area contributed by atoms with Gasteiger partial charge in [-0.2, -0.15) is 0 Å². The molecule has 0 radical (unpaired) electrons. The molecule has 0 aromatic heterocycles. The van der Waals surface area contributed by atoms with E-state index in [1.165, 1.54) is 0 Å². The van der Waals surface area contributed by atoms with Crippen LogP contribution in [0.15, 0.2) is 49.6 Å². The number of ether oxygens (including phenoxy) is 4. The maximum atomic E-state index is 12.0. The molecule has 0 saturated carbocycles. The highest BCUT2D eigenvalue weighted by atomic mass is 16.7. The summed E-state index contributed by atoms with van der Waals surface area (Å²) in [6.45, 7) is 7.75. The Bertz CT molecular complexity index is 581. The van der Waals surface area contributed by atoms with Gasteiger partial charge in [-0.1, -0.05) is 24.3 Å². The van der Waals surface area contributed by atoms with Gasteiger partial charge in [0.1, 0.15) is 11.9 Å². The molecule has 1 saturated heterocycles. The van der Waals surface area contributed by atoms with Crippen LogP contribution in [0.2, 0.25) is 0 Å². The zero-order valence-electron chi connectivity index (χ0n) is 15.4. The minimum absolute atomic E-state index is 0.230. The van der Waals surface area contributed by atoms with Crippen molar-refractivity contribution >= 4 is 5.97 Å². The average molecular weight is 360 g/mol. The van der Waals surface area contributed by atoms with Crippen LogP contribution in [-0.2, 0) is 25.4 Å². The lowest BCUT2D eigenvalue weighted by atomic mass is 10.1. The SMILES string of the molecule is C=CCCCC(=O)O[C@@H]1CO[C@H](Cc2ccc(OC)cc2)O[C@@H]1CC=C. The van der Waals surface area contributed by atoms with Gasteiger partial charge in [-0.05, 0) is 37.0 Å². The molecule has 0 N–H and O–H groups in total. The average Bonchev–Trinajstić information content (AvgIpc) is 2.65. The normalized spacial score (nSPS) is 22.4. The van der Waals surface area contributed by atoms with Crippen molar-refractivity contribution in [3.05, 3.63) is 55.1 Å². The van der Waals surface area contributed by atoms with E-state index in [4.69, 9.17) is 18.9 Å². The van der Waals surface area contributed by atoms with E-state index in [2.05, 4.69) is 13.2 Å². The lowest BCUT2D eigenvalue weighted by molar-refractivity contribution is -0.256. The van der Waals surface area contributed by atoms with Gasteiger partial charge in [-0.3, -0.25) is 4.79 Å². The van der Waals surface area contributed by atoms with Crippen LogP contribution in [0.3, 0.4) is 0 Å². The molecule has 0 amide bonds. The topological polar surface area (TPSA) is 54.0 Å². The molecule has 26 heavy (non-hydrogen) atoms. The van der Waals surface area contributed by atoms with Gasteiger partial charge >= 0.3 is 5.97 Å². The van der Waals surface area contributed by atoms with Gasteiger partial charge in [-0.15, -0.1) is 13.2 Å². The first-order chi connectivity index (χ1) is 12.7. The number of esters is 1. The minimum Gasteiger partial charge on any atom is -0.497 e. The molecule has 5 heteroatoms. The lowest BCUT2D eigenvalue weighted by Crippen LogP contribution is -2.46. The van der Waals surface area contributed by atoms with E-state index in [9.17, 15) is 4.79 Å². The van der Waals surface area contributed by atoms with E-state index < -0.39 is 6.10 Å². The summed E-state index contributed by atoms with van der Waals surface area (Å²) in [5, 5.41) is 0. The number of unbranched alkanes of at least 4 members (excludes halogenated alkanes) is 1. The Morgan fingerprint density at radius 1 is 1.27 bits per heavy atom. The van der Waals surface area contributed by atoms with Crippen molar-refractivity contribution in [2.75, 3.05) is 13.7 Å². The number of allylic oxidation sites excluding steroid dienone is 1. The second-order valence-electron chi connectivity index (χ2n) is 6.22. The van der Waals surface area contributed by atoms with Gasteiger partial charge in [0, 0.05) is 12.8 Å². The van der Waals surface area contributed by atoms with E-state index in [-0.39, 0.29) is 18.4 Å². The third-order valence-corrected chi connectivity index (χ3v) is 4.22. The summed E-state index contributed by atoms with van der Waals surface area (Å²) in [6, 6.07) is 7.79. The van der Waals surface area contributed by atoms with Gasteiger partial charge in [0.25, 0.3) is 0 Å². The number of benzene rings is 1. The maximum absolute atomic E-state index is 12.0.